The second kappa shape index (κ2) is 3.92. The zero-order valence-electron chi connectivity index (χ0n) is 11.5. The van der Waals surface area contributed by atoms with E-state index in [1.165, 1.54) is 0 Å². The van der Waals surface area contributed by atoms with Crippen LogP contribution in [0.2, 0.25) is 0 Å². The van der Waals surface area contributed by atoms with Crippen LogP contribution in [0.25, 0.3) is 0 Å². The van der Waals surface area contributed by atoms with Crippen LogP contribution in [0.3, 0.4) is 0 Å². The van der Waals surface area contributed by atoms with Crippen molar-refractivity contribution in [1.82, 2.24) is 0 Å². The third-order valence-corrected chi connectivity index (χ3v) is 5.47. The quantitative estimate of drug-likeness (QED) is 0.731. The molecule has 3 atom stereocenters. The van der Waals surface area contributed by atoms with Crippen molar-refractivity contribution in [3.63, 3.8) is 0 Å². The van der Waals surface area contributed by atoms with Gasteiger partial charge in [-0.05, 0) is 24.3 Å². The molecule has 0 saturated heterocycles. The number of hydrogen-bond donors (Lipinski definition) is 1. The first-order valence-corrected chi connectivity index (χ1v) is 6.93. The zero-order chi connectivity index (χ0) is 13.8. The van der Waals surface area contributed by atoms with E-state index < -0.39 is 0 Å². The normalized spacial score (nSPS) is 41.9. The number of cyclic esters (lactones) is 1. The molecule has 0 bridgehead atoms. The number of ketones is 1. The van der Waals surface area contributed by atoms with E-state index in [1.807, 2.05) is 6.92 Å². The van der Waals surface area contributed by atoms with Crippen molar-refractivity contribution >= 4 is 11.8 Å². The SMILES string of the molecule is C[C@@]1(CO)CC(=O)C[C@]2(C)C3=C(CC[C@H]12)C(=O)OC3. The molecule has 3 rings (SSSR count). The van der Waals surface area contributed by atoms with E-state index >= 15 is 0 Å². The molecule has 104 valence electrons. The van der Waals surface area contributed by atoms with Gasteiger partial charge in [0.15, 0.2) is 0 Å². The predicted molar refractivity (Wildman–Crippen MR) is 68.2 cm³/mol. The van der Waals surface area contributed by atoms with Gasteiger partial charge in [-0.3, -0.25) is 4.79 Å². The van der Waals surface area contributed by atoms with Gasteiger partial charge in [-0.1, -0.05) is 13.8 Å². The van der Waals surface area contributed by atoms with Gasteiger partial charge in [-0.15, -0.1) is 0 Å². The highest BCUT2D eigenvalue weighted by molar-refractivity contribution is 5.93. The molecule has 0 aromatic heterocycles. The molecule has 1 saturated carbocycles. The number of aliphatic hydroxyl groups is 1. The molecule has 3 aliphatic rings. The van der Waals surface area contributed by atoms with Crippen molar-refractivity contribution in [2.45, 2.75) is 39.5 Å². The Morgan fingerprint density at radius 1 is 1.32 bits per heavy atom. The topological polar surface area (TPSA) is 63.6 Å². The lowest BCUT2D eigenvalue weighted by Gasteiger charge is -2.53. The van der Waals surface area contributed by atoms with Crippen LogP contribution in [-0.4, -0.2) is 30.1 Å². The fourth-order valence-electron chi connectivity index (χ4n) is 4.57. The third kappa shape index (κ3) is 1.62. The maximum atomic E-state index is 12.1. The second-order valence-electron chi connectivity index (χ2n) is 6.75. The number of carbonyl (C=O) groups is 2. The van der Waals surface area contributed by atoms with Crippen molar-refractivity contribution in [3.8, 4) is 0 Å². The first-order chi connectivity index (χ1) is 8.90. The third-order valence-electron chi connectivity index (χ3n) is 5.47. The van der Waals surface area contributed by atoms with Crippen molar-refractivity contribution < 1.29 is 19.4 Å². The Labute approximate surface area is 112 Å². The van der Waals surface area contributed by atoms with Crippen molar-refractivity contribution in [2.24, 2.45) is 16.7 Å². The maximum Gasteiger partial charge on any atom is 0.334 e. The van der Waals surface area contributed by atoms with Gasteiger partial charge in [0.2, 0.25) is 0 Å². The molecule has 2 aliphatic carbocycles. The highest BCUT2D eigenvalue weighted by Gasteiger charge is 2.56. The van der Waals surface area contributed by atoms with Gasteiger partial charge in [0.1, 0.15) is 12.4 Å². The smallest absolute Gasteiger partial charge is 0.334 e. The fraction of sp³-hybridized carbons (Fsp3) is 0.733. The van der Waals surface area contributed by atoms with Gasteiger partial charge >= 0.3 is 5.97 Å². The average Bonchev–Trinajstić information content (AvgIpc) is 2.71. The number of hydrogen-bond acceptors (Lipinski definition) is 4. The van der Waals surface area contributed by atoms with Crippen molar-refractivity contribution in [1.29, 1.82) is 0 Å². The van der Waals surface area contributed by atoms with Gasteiger partial charge in [-0.25, -0.2) is 4.79 Å². The zero-order valence-corrected chi connectivity index (χ0v) is 11.5. The summed E-state index contributed by atoms with van der Waals surface area (Å²) in [6.45, 7) is 4.42. The molecule has 0 radical (unpaired) electrons. The summed E-state index contributed by atoms with van der Waals surface area (Å²) in [5.41, 5.74) is 1.12. The molecular weight excluding hydrogens is 244 g/mol. The predicted octanol–water partition coefficient (Wildman–Crippen LogP) is 1.62. The van der Waals surface area contributed by atoms with Gasteiger partial charge in [0.05, 0.1) is 0 Å². The van der Waals surface area contributed by atoms with E-state index in [9.17, 15) is 14.7 Å². The van der Waals surface area contributed by atoms with Gasteiger partial charge in [0, 0.05) is 35.9 Å². The second-order valence-corrected chi connectivity index (χ2v) is 6.75. The maximum absolute atomic E-state index is 12.1. The first kappa shape index (κ1) is 12.9. The number of aliphatic hydroxyl groups excluding tert-OH is 1. The molecule has 1 fully saturated rings. The fourth-order valence-corrected chi connectivity index (χ4v) is 4.57. The van der Waals surface area contributed by atoms with E-state index in [-0.39, 0.29) is 35.1 Å². The average molecular weight is 264 g/mol. The largest absolute Gasteiger partial charge is 0.458 e. The van der Waals surface area contributed by atoms with E-state index in [4.69, 9.17) is 4.74 Å². The van der Waals surface area contributed by atoms with E-state index in [2.05, 4.69) is 6.92 Å². The summed E-state index contributed by atoms with van der Waals surface area (Å²) in [7, 11) is 0. The molecular formula is C15H20O4. The molecule has 4 heteroatoms. The number of esters is 1. The Morgan fingerprint density at radius 3 is 2.74 bits per heavy atom. The monoisotopic (exact) mass is 264 g/mol. The number of carbonyl (C=O) groups excluding carboxylic acids is 2. The molecule has 19 heavy (non-hydrogen) atoms. The Hall–Kier alpha value is -1.16. The van der Waals surface area contributed by atoms with Crippen LogP contribution in [0.4, 0.5) is 0 Å². The summed E-state index contributed by atoms with van der Waals surface area (Å²) in [6, 6.07) is 0. The van der Waals surface area contributed by atoms with Crippen LogP contribution in [0.15, 0.2) is 11.1 Å². The Balaban J connectivity index is 2.09. The van der Waals surface area contributed by atoms with Gasteiger partial charge in [0.25, 0.3) is 0 Å². The number of Topliss-reactive ketones (excluding diaryl/α,β-unsaturated/α-hetero) is 1. The van der Waals surface area contributed by atoms with Crippen LogP contribution in [0.1, 0.15) is 39.5 Å². The summed E-state index contributed by atoms with van der Waals surface area (Å²) >= 11 is 0. The van der Waals surface area contributed by atoms with Crippen LogP contribution in [0.5, 0.6) is 0 Å². The molecule has 4 nitrogen and oxygen atoms in total. The standard InChI is InChI=1S/C15H20O4/c1-14(8-16)5-9(17)6-15(2)11-7-19-13(18)10(11)3-4-12(14)15/h12,16H,3-8H2,1-2H3/t12-,14+,15-/m1/s1. The van der Waals surface area contributed by atoms with Crippen LogP contribution < -0.4 is 0 Å². The van der Waals surface area contributed by atoms with E-state index in [0.717, 1.165) is 24.0 Å². The minimum atomic E-state index is -0.367. The van der Waals surface area contributed by atoms with Crippen molar-refractivity contribution in [3.05, 3.63) is 11.1 Å². The summed E-state index contributed by atoms with van der Waals surface area (Å²) in [5, 5.41) is 9.75. The number of fused-ring (bicyclic) bond motifs is 2. The van der Waals surface area contributed by atoms with E-state index in [0.29, 0.717) is 19.4 Å². The van der Waals surface area contributed by atoms with E-state index in [1.54, 1.807) is 0 Å². The minimum absolute atomic E-state index is 0.0242. The molecule has 1 heterocycles. The minimum Gasteiger partial charge on any atom is -0.458 e. The first-order valence-electron chi connectivity index (χ1n) is 6.93. The Bertz CT molecular complexity index is 492. The Morgan fingerprint density at radius 2 is 2.05 bits per heavy atom. The van der Waals surface area contributed by atoms with Crippen LogP contribution >= 0.6 is 0 Å². The van der Waals surface area contributed by atoms with Gasteiger partial charge < -0.3 is 9.84 Å². The summed E-state index contributed by atoms with van der Waals surface area (Å²) in [4.78, 5) is 23.8. The lowest BCUT2D eigenvalue weighted by molar-refractivity contribution is -0.136. The lowest BCUT2D eigenvalue weighted by Crippen LogP contribution is -2.51. The van der Waals surface area contributed by atoms with Crippen molar-refractivity contribution in [2.75, 3.05) is 13.2 Å². The molecule has 0 unspecified atom stereocenters. The number of rotatable bonds is 1. The van der Waals surface area contributed by atoms with Crippen LogP contribution in [-0.2, 0) is 14.3 Å². The lowest BCUT2D eigenvalue weighted by atomic mass is 9.50. The molecule has 0 spiro atoms. The highest BCUT2D eigenvalue weighted by Crippen LogP contribution is 2.59. The summed E-state index contributed by atoms with van der Waals surface area (Å²) < 4.78 is 5.16. The molecule has 1 aliphatic heterocycles. The highest BCUT2D eigenvalue weighted by atomic mass is 16.5. The molecule has 1 N–H and O–H groups in total. The summed E-state index contributed by atoms with van der Waals surface area (Å²) in [5.74, 6) is 0.220. The molecule has 0 aromatic rings. The number of ether oxygens (including phenoxy) is 1. The van der Waals surface area contributed by atoms with Gasteiger partial charge in [-0.2, -0.15) is 0 Å². The molecule has 0 amide bonds. The summed E-state index contributed by atoms with van der Waals surface area (Å²) in [6.07, 6.45) is 2.50. The molecule has 0 aromatic carbocycles. The van der Waals surface area contributed by atoms with Crippen LogP contribution in [0, 0.1) is 16.7 Å². The Kier molecular flexibility index (Phi) is 2.65.